The van der Waals surface area contributed by atoms with E-state index in [1.807, 2.05) is 0 Å². The highest BCUT2D eigenvalue weighted by Crippen LogP contribution is 2.17. The highest BCUT2D eigenvalue weighted by atomic mass is 19.4. The molecule has 0 aliphatic carbocycles. The summed E-state index contributed by atoms with van der Waals surface area (Å²) in [6.45, 7) is 1.53. The van der Waals surface area contributed by atoms with Gasteiger partial charge in [-0.15, -0.1) is 0 Å². The van der Waals surface area contributed by atoms with E-state index in [2.05, 4.69) is 11.7 Å². The van der Waals surface area contributed by atoms with E-state index >= 15 is 0 Å². The standard InChI is InChI=1S/C11H18F3NO2/c1-9-3-2-5-15(6-4-9)10(16)7-17-8-11(12,13)14/h9H,2-8H2,1H3. The molecule has 1 aliphatic heterocycles. The largest absolute Gasteiger partial charge is 0.411 e. The highest BCUT2D eigenvalue weighted by Gasteiger charge is 2.28. The zero-order chi connectivity index (χ0) is 12.9. The van der Waals surface area contributed by atoms with Gasteiger partial charge in [-0.1, -0.05) is 6.92 Å². The second kappa shape index (κ2) is 6.23. The number of likely N-dealkylation sites (tertiary alicyclic amines) is 1. The van der Waals surface area contributed by atoms with Crippen LogP contribution < -0.4 is 0 Å². The molecule has 0 spiro atoms. The van der Waals surface area contributed by atoms with Crippen LogP contribution in [-0.4, -0.2) is 43.3 Å². The fourth-order valence-electron chi connectivity index (χ4n) is 1.86. The summed E-state index contributed by atoms with van der Waals surface area (Å²) >= 11 is 0. The summed E-state index contributed by atoms with van der Waals surface area (Å²) in [5.74, 6) is 0.229. The summed E-state index contributed by atoms with van der Waals surface area (Å²) in [7, 11) is 0. The first kappa shape index (κ1) is 14.3. The number of nitrogens with zero attached hydrogens (tertiary/aromatic N) is 1. The summed E-state index contributed by atoms with van der Waals surface area (Å²) < 4.78 is 39.8. The van der Waals surface area contributed by atoms with Crippen LogP contribution >= 0.6 is 0 Å². The first-order valence-corrected chi connectivity index (χ1v) is 5.81. The van der Waals surface area contributed by atoms with Crippen molar-refractivity contribution < 1.29 is 22.7 Å². The molecule has 1 heterocycles. The normalized spacial score (nSPS) is 22.4. The summed E-state index contributed by atoms with van der Waals surface area (Å²) in [5.41, 5.74) is 0. The third-order valence-electron chi connectivity index (χ3n) is 2.86. The van der Waals surface area contributed by atoms with Gasteiger partial charge >= 0.3 is 6.18 Å². The summed E-state index contributed by atoms with van der Waals surface area (Å²) in [4.78, 5) is 13.2. The second-order valence-electron chi connectivity index (χ2n) is 4.52. The number of carbonyl (C=O) groups excluding carboxylic acids is 1. The predicted molar refractivity (Wildman–Crippen MR) is 56.5 cm³/mol. The number of amides is 1. The molecule has 1 rings (SSSR count). The Labute approximate surface area is 98.9 Å². The Hall–Kier alpha value is -0.780. The van der Waals surface area contributed by atoms with Crippen molar-refractivity contribution in [2.75, 3.05) is 26.3 Å². The predicted octanol–water partition coefficient (Wildman–Crippen LogP) is 2.21. The maximum atomic E-state index is 11.8. The van der Waals surface area contributed by atoms with Crippen LogP contribution in [0.4, 0.5) is 13.2 Å². The maximum Gasteiger partial charge on any atom is 0.411 e. The number of rotatable bonds is 3. The molecule has 6 heteroatoms. The van der Waals surface area contributed by atoms with Gasteiger partial charge in [0.1, 0.15) is 13.2 Å². The van der Waals surface area contributed by atoms with E-state index in [9.17, 15) is 18.0 Å². The molecule has 1 unspecified atom stereocenters. The summed E-state index contributed by atoms with van der Waals surface area (Å²) in [6.07, 6.45) is -1.49. The minimum Gasteiger partial charge on any atom is -0.362 e. The minimum atomic E-state index is -4.37. The first-order chi connectivity index (χ1) is 7.88. The number of hydrogen-bond donors (Lipinski definition) is 0. The topological polar surface area (TPSA) is 29.5 Å². The smallest absolute Gasteiger partial charge is 0.362 e. The summed E-state index contributed by atoms with van der Waals surface area (Å²) in [6, 6.07) is 0. The monoisotopic (exact) mass is 253 g/mol. The van der Waals surface area contributed by atoms with Crippen molar-refractivity contribution in [1.82, 2.24) is 4.90 Å². The van der Waals surface area contributed by atoms with E-state index in [1.165, 1.54) is 0 Å². The average molecular weight is 253 g/mol. The molecule has 17 heavy (non-hydrogen) atoms. The molecule has 1 fully saturated rings. The Morgan fingerprint density at radius 1 is 1.35 bits per heavy atom. The van der Waals surface area contributed by atoms with Gasteiger partial charge in [0.15, 0.2) is 0 Å². The number of hydrogen-bond acceptors (Lipinski definition) is 2. The maximum absolute atomic E-state index is 11.8. The van der Waals surface area contributed by atoms with Gasteiger partial charge in [0.05, 0.1) is 0 Å². The molecule has 0 aromatic heterocycles. The molecule has 1 saturated heterocycles. The van der Waals surface area contributed by atoms with Gasteiger partial charge < -0.3 is 9.64 Å². The Morgan fingerprint density at radius 3 is 2.71 bits per heavy atom. The van der Waals surface area contributed by atoms with E-state index in [0.29, 0.717) is 19.0 Å². The fourth-order valence-corrected chi connectivity index (χ4v) is 1.86. The molecule has 0 bridgehead atoms. The van der Waals surface area contributed by atoms with Crippen molar-refractivity contribution >= 4 is 5.91 Å². The van der Waals surface area contributed by atoms with Crippen molar-refractivity contribution in [3.05, 3.63) is 0 Å². The van der Waals surface area contributed by atoms with Crippen molar-refractivity contribution in [2.45, 2.75) is 32.4 Å². The van der Waals surface area contributed by atoms with Gasteiger partial charge in [-0.25, -0.2) is 0 Å². The lowest BCUT2D eigenvalue weighted by molar-refractivity contribution is -0.177. The molecule has 1 aliphatic rings. The highest BCUT2D eigenvalue weighted by molar-refractivity contribution is 5.77. The van der Waals surface area contributed by atoms with Gasteiger partial charge in [-0.05, 0) is 25.2 Å². The van der Waals surface area contributed by atoms with Crippen LogP contribution in [0.2, 0.25) is 0 Å². The number of halogens is 3. The van der Waals surface area contributed by atoms with Crippen molar-refractivity contribution in [3.8, 4) is 0 Å². The lowest BCUT2D eigenvalue weighted by atomic mass is 10.0. The molecule has 0 N–H and O–H groups in total. The minimum absolute atomic E-state index is 0.344. The van der Waals surface area contributed by atoms with Crippen LogP contribution in [0.5, 0.6) is 0 Å². The van der Waals surface area contributed by atoms with E-state index in [1.54, 1.807) is 4.90 Å². The SMILES string of the molecule is CC1CCCN(C(=O)COCC(F)(F)F)CC1. The summed E-state index contributed by atoms with van der Waals surface area (Å²) in [5, 5.41) is 0. The molecule has 1 amide bonds. The Kier molecular flexibility index (Phi) is 5.24. The van der Waals surface area contributed by atoms with Gasteiger partial charge in [-0.3, -0.25) is 4.79 Å². The third kappa shape index (κ3) is 5.91. The Balaban J connectivity index is 2.27. The van der Waals surface area contributed by atoms with E-state index in [0.717, 1.165) is 19.3 Å². The van der Waals surface area contributed by atoms with Crippen LogP contribution in [0.25, 0.3) is 0 Å². The molecule has 0 saturated carbocycles. The molecule has 0 radical (unpaired) electrons. The number of carbonyl (C=O) groups is 1. The number of ether oxygens (including phenoxy) is 1. The van der Waals surface area contributed by atoms with E-state index in [-0.39, 0.29) is 5.91 Å². The van der Waals surface area contributed by atoms with Gasteiger partial charge in [0.25, 0.3) is 0 Å². The van der Waals surface area contributed by atoms with Crippen LogP contribution in [0.3, 0.4) is 0 Å². The molecule has 0 aromatic carbocycles. The van der Waals surface area contributed by atoms with Gasteiger partial charge in [0, 0.05) is 13.1 Å². The molecule has 100 valence electrons. The van der Waals surface area contributed by atoms with Crippen LogP contribution in [-0.2, 0) is 9.53 Å². The van der Waals surface area contributed by atoms with E-state index in [4.69, 9.17) is 0 Å². The van der Waals surface area contributed by atoms with Crippen LogP contribution in [0.1, 0.15) is 26.2 Å². The molecule has 1 atom stereocenters. The van der Waals surface area contributed by atoms with E-state index < -0.39 is 19.4 Å². The number of alkyl halides is 3. The molecular weight excluding hydrogens is 235 g/mol. The lowest BCUT2D eigenvalue weighted by Crippen LogP contribution is -2.35. The molecule has 0 aromatic rings. The fraction of sp³-hybridized carbons (Fsp3) is 0.909. The Bertz CT molecular complexity index is 256. The van der Waals surface area contributed by atoms with Crippen molar-refractivity contribution in [3.63, 3.8) is 0 Å². The zero-order valence-electron chi connectivity index (χ0n) is 9.92. The molecular formula is C11H18F3NO2. The lowest BCUT2D eigenvalue weighted by Gasteiger charge is -2.20. The first-order valence-electron chi connectivity index (χ1n) is 5.81. The quantitative estimate of drug-likeness (QED) is 0.771. The second-order valence-corrected chi connectivity index (χ2v) is 4.52. The van der Waals surface area contributed by atoms with Crippen molar-refractivity contribution in [1.29, 1.82) is 0 Å². The van der Waals surface area contributed by atoms with Crippen LogP contribution in [0, 0.1) is 5.92 Å². The average Bonchev–Trinajstić information content (AvgIpc) is 2.41. The molecule has 3 nitrogen and oxygen atoms in total. The third-order valence-corrected chi connectivity index (χ3v) is 2.86. The van der Waals surface area contributed by atoms with Gasteiger partial charge in [-0.2, -0.15) is 13.2 Å². The van der Waals surface area contributed by atoms with Crippen LogP contribution in [0.15, 0.2) is 0 Å². The van der Waals surface area contributed by atoms with Crippen molar-refractivity contribution in [2.24, 2.45) is 5.92 Å². The Morgan fingerprint density at radius 2 is 2.06 bits per heavy atom. The zero-order valence-corrected chi connectivity index (χ0v) is 9.92. The van der Waals surface area contributed by atoms with Gasteiger partial charge in [0.2, 0.25) is 5.91 Å².